The van der Waals surface area contributed by atoms with Gasteiger partial charge in [0.05, 0.1) is 31.3 Å². The summed E-state index contributed by atoms with van der Waals surface area (Å²) in [5.41, 5.74) is 0. The Balaban J connectivity index is 3.54. The number of carbonyl (C=O) groups excluding carboxylic acids is 1. The number of unbranched alkanes of at least 4 members (excludes halogenated alkanes) is 45. The molecule has 0 rings (SSSR count). The van der Waals surface area contributed by atoms with Gasteiger partial charge in [-0.15, -0.1) is 0 Å². The molecule has 0 aromatic rings. The molecule has 72 heavy (non-hydrogen) atoms. The molecule has 0 bridgehead atoms. The summed E-state index contributed by atoms with van der Waals surface area (Å²) >= 11 is 0. The highest BCUT2D eigenvalue weighted by Crippen LogP contribution is 2.18. The summed E-state index contributed by atoms with van der Waals surface area (Å²) in [6.45, 7) is 4.24. The molecule has 0 aliphatic carbocycles. The van der Waals surface area contributed by atoms with Gasteiger partial charge >= 0.3 is 0 Å². The molecule has 0 saturated carbocycles. The maximum atomic E-state index is 12.5. The molecule has 3 unspecified atom stereocenters. The van der Waals surface area contributed by atoms with E-state index in [1.165, 1.54) is 283 Å². The first-order chi connectivity index (χ1) is 35.5. The number of aliphatic hydroxyl groups is 3. The van der Waals surface area contributed by atoms with E-state index in [4.69, 9.17) is 0 Å². The minimum Gasteiger partial charge on any atom is -0.394 e. The number of hydrogen-bond acceptors (Lipinski definition) is 4. The highest BCUT2D eigenvalue weighted by atomic mass is 16.3. The second-order valence-corrected chi connectivity index (χ2v) is 22.4. The number of aliphatic hydroxyl groups excluding tert-OH is 3. The van der Waals surface area contributed by atoms with Crippen LogP contribution in [-0.2, 0) is 4.79 Å². The van der Waals surface area contributed by atoms with Crippen molar-refractivity contribution in [3.63, 3.8) is 0 Å². The van der Waals surface area contributed by atoms with Gasteiger partial charge in [0.25, 0.3) is 0 Å². The van der Waals surface area contributed by atoms with Gasteiger partial charge in [-0.1, -0.05) is 319 Å². The van der Waals surface area contributed by atoms with Crippen LogP contribution in [0.25, 0.3) is 0 Å². The molecule has 0 aromatic heterocycles. The molecule has 0 fully saturated rings. The largest absolute Gasteiger partial charge is 0.394 e. The number of rotatable bonds is 60. The molecule has 0 radical (unpaired) electrons. The van der Waals surface area contributed by atoms with Crippen molar-refractivity contribution >= 4 is 5.91 Å². The fraction of sp³-hybridized carbons (Fsp3) is 0.866. The van der Waals surface area contributed by atoms with Gasteiger partial charge in [0.1, 0.15) is 0 Å². The first-order valence-electron chi connectivity index (χ1n) is 32.4. The highest BCUT2D eigenvalue weighted by Gasteiger charge is 2.20. The Kier molecular flexibility index (Phi) is 60.4. The molecule has 5 nitrogen and oxygen atoms in total. The summed E-state index contributed by atoms with van der Waals surface area (Å²) in [5, 5.41) is 33.5. The molecule has 0 aliphatic heterocycles. The van der Waals surface area contributed by atoms with Crippen LogP contribution in [0.2, 0.25) is 0 Å². The van der Waals surface area contributed by atoms with Crippen molar-refractivity contribution in [1.29, 1.82) is 0 Å². The van der Waals surface area contributed by atoms with Crippen LogP contribution in [0, 0.1) is 0 Å². The molecule has 424 valence electrons. The molecule has 4 N–H and O–H groups in total. The van der Waals surface area contributed by atoms with Gasteiger partial charge in [-0.2, -0.15) is 0 Å². The number of nitrogens with one attached hydrogen (secondary N) is 1. The molecule has 5 heteroatoms. The van der Waals surface area contributed by atoms with Crippen molar-refractivity contribution in [2.75, 3.05) is 6.61 Å². The number of amides is 1. The molecule has 0 spiro atoms. The lowest BCUT2D eigenvalue weighted by Gasteiger charge is -2.21. The second kappa shape index (κ2) is 61.9. The predicted octanol–water partition coefficient (Wildman–Crippen LogP) is 20.7. The molecule has 3 atom stereocenters. The summed E-state index contributed by atoms with van der Waals surface area (Å²) < 4.78 is 0. The number of hydrogen-bond donors (Lipinski definition) is 4. The van der Waals surface area contributed by atoms with Gasteiger partial charge in [0.2, 0.25) is 5.91 Å². The standard InChI is InChI=1S/C67H127NO4/c1-3-5-7-9-11-13-15-17-19-21-23-25-27-28-29-30-31-32-33-34-35-36-37-38-39-40-42-44-46-48-50-52-54-56-58-60-64(70)62-67(72)68-65(63-69)66(71)61-59-57-55-53-51-49-47-45-43-41-26-24-22-20-18-16-14-12-10-8-6-4-2/h32-33,43,45,51,53,59,61,64-66,69-71H,3-31,34-42,44,46-50,52,54-58,60,62-63H2,1-2H3,(H,68,72)/b33-32-,45-43+,53-51+,61-59+. The fourth-order valence-corrected chi connectivity index (χ4v) is 10.1. The van der Waals surface area contributed by atoms with Crippen molar-refractivity contribution < 1.29 is 20.1 Å². The smallest absolute Gasteiger partial charge is 0.222 e. The third-order valence-electron chi connectivity index (χ3n) is 15.1. The summed E-state index contributed by atoms with van der Waals surface area (Å²) in [7, 11) is 0. The van der Waals surface area contributed by atoms with Gasteiger partial charge in [-0.25, -0.2) is 0 Å². The Hall–Kier alpha value is -1.69. The third-order valence-corrected chi connectivity index (χ3v) is 15.1. The Bertz CT molecular complexity index is 1160. The maximum absolute atomic E-state index is 12.5. The second-order valence-electron chi connectivity index (χ2n) is 22.4. The molecule has 0 aliphatic rings. The minimum atomic E-state index is -0.962. The molecule has 0 aromatic carbocycles. The quantitative estimate of drug-likeness (QED) is 0.0361. The summed E-state index contributed by atoms with van der Waals surface area (Å²) in [6, 6.07) is -0.769. The molecular weight excluding hydrogens is 883 g/mol. The van der Waals surface area contributed by atoms with E-state index < -0.39 is 18.2 Å². The van der Waals surface area contributed by atoms with Crippen LogP contribution in [0.5, 0.6) is 0 Å². The van der Waals surface area contributed by atoms with Crippen LogP contribution in [-0.4, -0.2) is 46.1 Å². The van der Waals surface area contributed by atoms with E-state index in [0.29, 0.717) is 6.42 Å². The van der Waals surface area contributed by atoms with Gasteiger partial charge in [-0.05, 0) is 70.6 Å². The van der Waals surface area contributed by atoms with Gasteiger partial charge < -0.3 is 20.6 Å². The normalized spacial score (nSPS) is 13.5. The van der Waals surface area contributed by atoms with E-state index in [9.17, 15) is 20.1 Å². The lowest BCUT2D eigenvalue weighted by atomic mass is 10.0. The van der Waals surface area contributed by atoms with Crippen LogP contribution in [0.3, 0.4) is 0 Å². The van der Waals surface area contributed by atoms with Gasteiger partial charge in [0.15, 0.2) is 0 Å². The van der Waals surface area contributed by atoms with Crippen LogP contribution in [0.15, 0.2) is 48.6 Å². The van der Waals surface area contributed by atoms with E-state index in [0.717, 1.165) is 38.5 Å². The zero-order valence-electron chi connectivity index (χ0n) is 48.6. The zero-order valence-corrected chi connectivity index (χ0v) is 48.6. The predicted molar refractivity (Wildman–Crippen MR) is 319 cm³/mol. The molecule has 1 amide bonds. The Labute approximate surface area is 450 Å². The van der Waals surface area contributed by atoms with Crippen molar-refractivity contribution in [2.24, 2.45) is 0 Å². The van der Waals surface area contributed by atoms with Crippen LogP contribution < -0.4 is 5.32 Å². The molecule has 0 saturated heterocycles. The summed E-state index contributed by atoms with van der Waals surface area (Å²) in [6.07, 6.45) is 83.5. The monoisotopic (exact) mass is 1010 g/mol. The van der Waals surface area contributed by atoms with Crippen LogP contribution >= 0.6 is 0 Å². The average molecular weight is 1010 g/mol. The maximum Gasteiger partial charge on any atom is 0.222 e. The minimum absolute atomic E-state index is 0.00356. The molecular formula is C67H127NO4. The number of carbonyl (C=O) groups is 1. The zero-order chi connectivity index (χ0) is 52.2. The van der Waals surface area contributed by atoms with Gasteiger partial charge in [-0.3, -0.25) is 4.79 Å². The summed E-state index contributed by atoms with van der Waals surface area (Å²) in [5.74, 6) is -0.325. The summed E-state index contributed by atoms with van der Waals surface area (Å²) in [4.78, 5) is 12.5. The van der Waals surface area contributed by atoms with Gasteiger partial charge in [0, 0.05) is 0 Å². The third kappa shape index (κ3) is 57.6. The lowest BCUT2D eigenvalue weighted by Crippen LogP contribution is -2.45. The fourth-order valence-electron chi connectivity index (χ4n) is 10.1. The van der Waals surface area contributed by atoms with Crippen molar-refractivity contribution in [1.82, 2.24) is 5.32 Å². The first-order valence-corrected chi connectivity index (χ1v) is 32.4. The average Bonchev–Trinajstić information content (AvgIpc) is 3.38. The Morgan fingerprint density at radius 1 is 0.347 bits per heavy atom. The Morgan fingerprint density at radius 3 is 0.889 bits per heavy atom. The van der Waals surface area contributed by atoms with E-state index >= 15 is 0 Å². The molecule has 0 heterocycles. The lowest BCUT2D eigenvalue weighted by molar-refractivity contribution is -0.124. The SMILES string of the molecule is CCCCCCCCCCCCCC/C=C/CC/C=C/CC/C=C/C(O)C(CO)NC(=O)CC(O)CCCCCCCCCCCCCCCCC/C=C\CCCCCCCCCCCCCCCCCC. The van der Waals surface area contributed by atoms with Crippen molar-refractivity contribution in [3.05, 3.63) is 48.6 Å². The van der Waals surface area contributed by atoms with Crippen molar-refractivity contribution in [2.45, 2.75) is 366 Å². The highest BCUT2D eigenvalue weighted by molar-refractivity contribution is 5.76. The first kappa shape index (κ1) is 70.3. The van der Waals surface area contributed by atoms with E-state index in [1.54, 1.807) is 6.08 Å². The number of allylic oxidation sites excluding steroid dienone is 7. The van der Waals surface area contributed by atoms with Crippen molar-refractivity contribution in [3.8, 4) is 0 Å². The van der Waals surface area contributed by atoms with E-state index in [2.05, 4.69) is 55.6 Å². The van der Waals surface area contributed by atoms with Crippen LogP contribution in [0.1, 0.15) is 348 Å². The van der Waals surface area contributed by atoms with Crippen LogP contribution in [0.4, 0.5) is 0 Å². The van der Waals surface area contributed by atoms with E-state index in [-0.39, 0.29) is 18.9 Å². The van der Waals surface area contributed by atoms with E-state index in [1.807, 2.05) is 6.08 Å². The topological polar surface area (TPSA) is 89.8 Å². The Morgan fingerprint density at radius 2 is 0.597 bits per heavy atom.